The van der Waals surface area contributed by atoms with Crippen LogP contribution in [0, 0.1) is 6.92 Å². The lowest BCUT2D eigenvalue weighted by molar-refractivity contribution is 0.0963. The van der Waals surface area contributed by atoms with Gasteiger partial charge in [-0.3, -0.25) is 14.2 Å². The molecule has 0 saturated carbocycles. The largest absolute Gasteiger partial charge is 0.298 e. The quantitative estimate of drug-likeness (QED) is 0.668. The fraction of sp³-hybridized carbons (Fsp3) is 0.0588. The fourth-order valence-electron chi connectivity index (χ4n) is 2.56. The molecule has 104 valence electrons. The Morgan fingerprint density at radius 3 is 2.48 bits per heavy atom. The van der Waals surface area contributed by atoms with Crippen molar-refractivity contribution in [1.82, 2.24) is 4.57 Å². The van der Waals surface area contributed by atoms with Crippen molar-refractivity contribution in [2.75, 3.05) is 0 Å². The van der Waals surface area contributed by atoms with Crippen LogP contribution in [0.25, 0.3) is 10.9 Å². The number of hydrogen-bond donors (Lipinski definition) is 0. The van der Waals surface area contributed by atoms with E-state index in [-0.39, 0.29) is 5.91 Å². The number of aromatic nitrogens is 1. The van der Waals surface area contributed by atoms with Gasteiger partial charge in [-0.1, -0.05) is 41.9 Å². The van der Waals surface area contributed by atoms with Crippen LogP contribution in [0.1, 0.15) is 26.4 Å². The summed E-state index contributed by atoms with van der Waals surface area (Å²) in [6, 6.07) is 14.2. The highest BCUT2D eigenvalue weighted by molar-refractivity contribution is 6.34. The summed E-state index contributed by atoms with van der Waals surface area (Å²) in [6.07, 6.45) is 0.786. The van der Waals surface area contributed by atoms with Crippen molar-refractivity contribution in [2.45, 2.75) is 6.92 Å². The van der Waals surface area contributed by atoms with Gasteiger partial charge in [0.1, 0.15) is 0 Å². The first kappa shape index (κ1) is 13.6. The van der Waals surface area contributed by atoms with Crippen LogP contribution in [0.3, 0.4) is 0 Å². The van der Waals surface area contributed by atoms with Gasteiger partial charge in [0.2, 0.25) is 0 Å². The average Bonchev–Trinajstić information content (AvgIpc) is 2.78. The zero-order valence-electron chi connectivity index (χ0n) is 11.3. The van der Waals surface area contributed by atoms with Crippen molar-refractivity contribution in [3.8, 4) is 0 Å². The Morgan fingerprint density at radius 2 is 1.76 bits per heavy atom. The summed E-state index contributed by atoms with van der Waals surface area (Å²) >= 11 is 6.11. The van der Waals surface area contributed by atoms with Gasteiger partial charge in [0, 0.05) is 16.6 Å². The molecule has 0 N–H and O–H groups in total. The van der Waals surface area contributed by atoms with Gasteiger partial charge in [-0.25, -0.2) is 0 Å². The number of fused-ring (bicyclic) bond motifs is 1. The van der Waals surface area contributed by atoms with E-state index in [2.05, 4.69) is 0 Å². The molecule has 3 nitrogen and oxygen atoms in total. The maximum absolute atomic E-state index is 12.8. The smallest absolute Gasteiger partial charge is 0.264 e. The molecule has 0 amide bonds. The third kappa shape index (κ3) is 2.06. The first-order valence-electron chi connectivity index (χ1n) is 6.49. The Morgan fingerprint density at radius 1 is 1.10 bits per heavy atom. The summed E-state index contributed by atoms with van der Waals surface area (Å²) in [5.41, 5.74) is 2.28. The van der Waals surface area contributed by atoms with Crippen molar-refractivity contribution >= 4 is 34.7 Å². The fourth-order valence-corrected chi connectivity index (χ4v) is 2.77. The predicted molar refractivity (Wildman–Crippen MR) is 83.2 cm³/mol. The van der Waals surface area contributed by atoms with E-state index in [0.717, 1.165) is 11.7 Å². The van der Waals surface area contributed by atoms with Gasteiger partial charge in [-0.15, -0.1) is 0 Å². The van der Waals surface area contributed by atoms with Gasteiger partial charge >= 0.3 is 0 Å². The van der Waals surface area contributed by atoms with Crippen LogP contribution in [0.2, 0.25) is 5.02 Å². The lowest BCUT2D eigenvalue weighted by Crippen LogP contribution is -2.14. The minimum atomic E-state index is -0.234. The van der Waals surface area contributed by atoms with Crippen molar-refractivity contribution in [2.24, 2.45) is 0 Å². The molecule has 0 bridgehead atoms. The van der Waals surface area contributed by atoms with E-state index in [0.29, 0.717) is 27.4 Å². The first-order valence-corrected chi connectivity index (χ1v) is 6.87. The molecule has 0 atom stereocenters. The molecule has 3 aromatic rings. The van der Waals surface area contributed by atoms with Crippen molar-refractivity contribution in [1.29, 1.82) is 0 Å². The van der Waals surface area contributed by atoms with Gasteiger partial charge in [0.05, 0.1) is 16.1 Å². The highest BCUT2D eigenvalue weighted by atomic mass is 35.5. The number of carbonyl (C=O) groups excluding carboxylic acids is 2. The molecular formula is C17H12ClNO2. The molecule has 1 heterocycles. The molecule has 0 aliphatic heterocycles. The van der Waals surface area contributed by atoms with Crippen LogP contribution >= 0.6 is 11.6 Å². The molecule has 0 unspecified atom stereocenters. The van der Waals surface area contributed by atoms with Crippen LogP contribution in [-0.2, 0) is 0 Å². The molecule has 0 aliphatic rings. The number of rotatable bonds is 2. The molecule has 2 aromatic carbocycles. The molecule has 0 fully saturated rings. The summed E-state index contributed by atoms with van der Waals surface area (Å²) in [4.78, 5) is 24.1. The first-order chi connectivity index (χ1) is 10.1. The normalized spacial score (nSPS) is 10.8. The van der Waals surface area contributed by atoms with Crippen LogP contribution < -0.4 is 0 Å². The summed E-state index contributed by atoms with van der Waals surface area (Å²) < 4.78 is 1.54. The monoisotopic (exact) mass is 297 g/mol. The summed E-state index contributed by atoms with van der Waals surface area (Å²) in [5, 5.41) is 1.16. The zero-order chi connectivity index (χ0) is 15.0. The number of carbonyl (C=O) groups is 2. The zero-order valence-corrected chi connectivity index (χ0v) is 12.1. The standard InChI is InChI=1S/C17H12ClNO2/c1-11-14(10-20)12-6-3-5-9-16(12)19(11)17(21)13-7-2-4-8-15(13)18/h2-10H,1H3. The average molecular weight is 298 g/mol. The van der Waals surface area contributed by atoms with Crippen LogP contribution in [-0.4, -0.2) is 16.8 Å². The van der Waals surface area contributed by atoms with Crippen LogP contribution in [0.4, 0.5) is 0 Å². The topological polar surface area (TPSA) is 39.1 Å². The van der Waals surface area contributed by atoms with E-state index in [9.17, 15) is 9.59 Å². The summed E-state index contributed by atoms with van der Waals surface area (Å²) in [5.74, 6) is -0.234. The van der Waals surface area contributed by atoms with E-state index in [1.54, 1.807) is 35.8 Å². The second-order valence-corrected chi connectivity index (χ2v) is 5.16. The molecular weight excluding hydrogens is 286 g/mol. The highest BCUT2D eigenvalue weighted by Crippen LogP contribution is 2.27. The minimum Gasteiger partial charge on any atom is -0.298 e. The Balaban J connectivity index is 2.31. The lowest BCUT2D eigenvalue weighted by Gasteiger charge is -2.08. The van der Waals surface area contributed by atoms with Gasteiger partial charge in [-0.05, 0) is 25.1 Å². The summed E-state index contributed by atoms with van der Waals surface area (Å²) in [6.45, 7) is 1.76. The minimum absolute atomic E-state index is 0.234. The second-order valence-electron chi connectivity index (χ2n) is 4.75. The summed E-state index contributed by atoms with van der Waals surface area (Å²) in [7, 11) is 0. The molecule has 3 rings (SSSR count). The molecule has 0 spiro atoms. The van der Waals surface area contributed by atoms with E-state index in [1.807, 2.05) is 24.3 Å². The maximum Gasteiger partial charge on any atom is 0.264 e. The molecule has 0 aliphatic carbocycles. The van der Waals surface area contributed by atoms with Crippen LogP contribution in [0.15, 0.2) is 48.5 Å². The molecule has 1 aromatic heterocycles. The number of benzene rings is 2. The number of aldehydes is 1. The van der Waals surface area contributed by atoms with E-state index in [4.69, 9.17) is 11.6 Å². The van der Waals surface area contributed by atoms with Crippen molar-refractivity contribution < 1.29 is 9.59 Å². The molecule has 21 heavy (non-hydrogen) atoms. The van der Waals surface area contributed by atoms with E-state index >= 15 is 0 Å². The van der Waals surface area contributed by atoms with Crippen molar-refractivity contribution in [3.05, 3.63) is 70.4 Å². The van der Waals surface area contributed by atoms with Crippen molar-refractivity contribution in [3.63, 3.8) is 0 Å². The molecule has 0 radical (unpaired) electrons. The molecule has 0 saturated heterocycles. The van der Waals surface area contributed by atoms with E-state index in [1.165, 1.54) is 0 Å². The number of nitrogens with zero attached hydrogens (tertiary/aromatic N) is 1. The Hall–Kier alpha value is -2.39. The van der Waals surface area contributed by atoms with Gasteiger partial charge in [0.25, 0.3) is 5.91 Å². The van der Waals surface area contributed by atoms with E-state index < -0.39 is 0 Å². The SMILES string of the molecule is Cc1c(C=O)c2ccccc2n1C(=O)c1ccccc1Cl. The molecule has 4 heteroatoms. The van der Waals surface area contributed by atoms with Crippen LogP contribution in [0.5, 0.6) is 0 Å². The van der Waals surface area contributed by atoms with Gasteiger partial charge in [-0.2, -0.15) is 0 Å². The number of para-hydroxylation sites is 1. The lowest BCUT2D eigenvalue weighted by atomic mass is 10.1. The van der Waals surface area contributed by atoms with Gasteiger partial charge in [0.15, 0.2) is 6.29 Å². The highest BCUT2D eigenvalue weighted by Gasteiger charge is 2.20. The second kappa shape index (κ2) is 5.19. The third-order valence-corrected chi connectivity index (χ3v) is 3.92. The van der Waals surface area contributed by atoms with Gasteiger partial charge < -0.3 is 0 Å². The Kier molecular flexibility index (Phi) is 3.35. The number of hydrogen-bond acceptors (Lipinski definition) is 2. The predicted octanol–water partition coefficient (Wildman–Crippen LogP) is 4.10. The number of halogens is 1. The Labute approximate surface area is 126 Å². The third-order valence-electron chi connectivity index (χ3n) is 3.59. The maximum atomic E-state index is 12.8. The Bertz CT molecular complexity index is 864.